The highest BCUT2D eigenvalue weighted by Gasteiger charge is 2.40. The van der Waals surface area contributed by atoms with Gasteiger partial charge in [-0.2, -0.15) is 13.2 Å². The molecule has 0 unspecified atom stereocenters. The molecule has 4 rings (SSSR count). The zero-order chi connectivity index (χ0) is 33.0. The summed E-state index contributed by atoms with van der Waals surface area (Å²) in [5.74, 6) is -4.40. The lowest BCUT2D eigenvalue weighted by Gasteiger charge is -2.37. The van der Waals surface area contributed by atoms with Crippen LogP contribution in [0.1, 0.15) is 39.0 Å². The van der Waals surface area contributed by atoms with Crippen LogP contribution in [0.25, 0.3) is 0 Å². The van der Waals surface area contributed by atoms with Crippen molar-refractivity contribution in [2.45, 2.75) is 37.3 Å². The Balaban J connectivity index is 1.93. The van der Waals surface area contributed by atoms with Gasteiger partial charge in [-0.3, -0.25) is 4.79 Å². The quantitative estimate of drug-likeness (QED) is 0.185. The summed E-state index contributed by atoms with van der Waals surface area (Å²) in [6.45, 7) is 0. The Hall–Kier alpha value is -4.75. The summed E-state index contributed by atoms with van der Waals surface area (Å²) in [6.07, 6.45) is -15.6. The van der Waals surface area contributed by atoms with Crippen LogP contribution in [-0.2, 0) is 18.1 Å². The van der Waals surface area contributed by atoms with E-state index in [0.29, 0.717) is 11.6 Å². The molecule has 45 heavy (non-hydrogen) atoms. The van der Waals surface area contributed by atoms with E-state index in [1.807, 2.05) is 0 Å². The van der Waals surface area contributed by atoms with Crippen molar-refractivity contribution in [1.29, 1.82) is 0 Å². The maximum Gasteiger partial charge on any atom is 0.573 e. The Morgan fingerprint density at radius 2 is 1.18 bits per heavy atom. The first-order valence-electron chi connectivity index (χ1n) is 12.9. The molecule has 4 nitrogen and oxygen atoms in total. The molecule has 0 aromatic heterocycles. The van der Waals surface area contributed by atoms with E-state index in [9.17, 15) is 48.7 Å². The van der Waals surface area contributed by atoms with Crippen LogP contribution in [-0.4, -0.2) is 18.6 Å². The predicted octanol–water partition coefficient (Wildman–Crippen LogP) is 8.95. The second kappa shape index (κ2) is 12.7. The Kier molecular flexibility index (Phi) is 9.35. The molecule has 0 spiro atoms. The van der Waals surface area contributed by atoms with Crippen LogP contribution in [0, 0.1) is 5.82 Å². The van der Waals surface area contributed by atoms with Crippen LogP contribution in [0.4, 0.5) is 43.9 Å². The molecule has 4 aromatic rings. The molecule has 0 heterocycles. The van der Waals surface area contributed by atoms with Crippen molar-refractivity contribution in [3.05, 3.63) is 131 Å². The lowest BCUT2D eigenvalue weighted by Crippen LogP contribution is -2.47. The molecular formula is C31H21F10NO3. The van der Waals surface area contributed by atoms with Crippen LogP contribution in [0.2, 0.25) is 0 Å². The van der Waals surface area contributed by atoms with Gasteiger partial charge < -0.3 is 14.8 Å². The minimum absolute atomic E-state index is 0.0625. The molecular weight excluding hydrogens is 624 g/mol. The Bertz CT molecular complexity index is 1570. The van der Waals surface area contributed by atoms with Gasteiger partial charge in [-0.05, 0) is 72.0 Å². The van der Waals surface area contributed by atoms with Crippen LogP contribution < -0.4 is 14.8 Å². The number of alkyl halides is 9. The van der Waals surface area contributed by atoms with Crippen molar-refractivity contribution < 1.29 is 58.2 Å². The molecule has 1 N–H and O–H groups in total. The van der Waals surface area contributed by atoms with Gasteiger partial charge >= 0.3 is 18.9 Å². The van der Waals surface area contributed by atoms with Gasteiger partial charge in [-0.1, -0.05) is 54.6 Å². The number of halogens is 10. The summed E-state index contributed by atoms with van der Waals surface area (Å²) in [4.78, 5) is 13.6. The highest BCUT2D eigenvalue weighted by Crippen LogP contribution is 2.40. The number of hydrogen-bond acceptors (Lipinski definition) is 3. The summed E-state index contributed by atoms with van der Waals surface area (Å²) in [5, 5.41) is 2.53. The van der Waals surface area contributed by atoms with Crippen molar-refractivity contribution in [2.75, 3.05) is 0 Å². The number of hydrogen-bond donors (Lipinski definition) is 1. The lowest BCUT2D eigenvalue weighted by atomic mass is 9.77. The van der Waals surface area contributed by atoms with Crippen molar-refractivity contribution in [1.82, 2.24) is 5.32 Å². The van der Waals surface area contributed by atoms with Gasteiger partial charge in [0.25, 0.3) is 5.91 Å². The Morgan fingerprint density at radius 3 is 1.67 bits per heavy atom. The first kappa shape index (κ1) is 33.1. The minimum atomic E-state index is -5.18. The fraction of sp³-hybridized carbons (Fsp3) is 0.194. The second-order valence-electron chi connectivity index (χ2n) is 9.69. The molecule has 0 saturated heterocycles. The van der Waals surface area contributed by atoms with E-state index in [1.165, 1.54) is 12.1 Å². The van der Waals surface area contributed by atoms with Crippen molar-refractivity contribution in [3.63, 3.8) is 0 Å². The number of benzene rings is 4. The molecule has 0 atom stereocenters. The van der Waals surface area contributed by atoms with E-state index in [1.54, 1.807) is 30.3 Å². The second-order valence-corrected chi connectivity index (χ2v) is 9.69. The molecule has 1 amide bonds. The molecule has 0 fully saturated rings. The zero-order valence-electron chi connectivity index (χ0n) is 22.7. The van der Waals surface area contributed by atoms with Gasteiger partial charge in [0, 0.05) is 5.56 Å². The lowest BCUT2D eigenvalue weighted by molar-refractivity contribution is -0.275. The number of carbonyl (C=O) groups excluding carboxylic acids is 1. The molecule has 0 saturated carbocycles. The summed E-state index contributed by atoms with van der Waals surface area (Å²) in [5.41, 5.74) is -4.06. The van der Waals surface area contributed by atoms with Gasteiger partial charge in [0.1, 0.15) is 17.3 Å². The molecule has 4 aromatic carbocycles. The van der Waals surface area contributed by atoms with E-state index in [0.717, 1.165) is 42.5 Å². The summed E-state index contributed by atoms with van der Waals surface area (Å²) < 4.78 is 141. The number of carbonyl (C=O) groups is 1. The highest BCUT2D eigenvalue weighted by molar-refractivity contribution is 5.95. The Labute approximate surface area is 249 Å². The third kappa shape index (κ3) is 8.67. The monoisotopic (exact) mass is 645 g/mol. The van der Waals surface area contributed by atoms with Crippen LogP contribution in [0.5, 0.6) is 11.5 Å². The van der Waals surface area contributed by atoms with Crippen molar-refractivity contribution in [3.8, 4) is 11.5 Å². The van der Waals surface area contributed by atoms with Gasteiger partial charge in [0.05, 0.1) is 11.1 Å². The first-order valence-corrected chi connectivity index (χ1v) is 12.9. The molecule has 0 radical (unpaired) electrons. The van der Waals surface area contributed by atoms with Gasteiger partial charge in [0.2, 0.25) is 0 Å². The largest absolute Gasteiger partial charge is 0.573 e. The SMILES string of the molecule is O=C(NC(CCc1ccccc1)(c1cccc(OC(F)(F)F)c1)c1cccc(OC(F)(F)F)c1)c1ccc(F)c(C(F)(F)F)c1. The molecule has 0 aliphatic heterocycles. The fourth-order valence-corrected chi connectivity index (χ4v) is 4.71. The van der Waals surface area contributed by atoms with Gasteiger partial charge in [-0.25, -0.2) is 4.39 Å². The molecule has 0 aliphatic carbocycles. The number of aryl methyl sites for hydroxylation is 1. The summed E-state index contributed by atoms with van der Waals surface area (Å²) >= 11 is 0. The molecule has 0 aliphatic rings. The smallest absolute Gasteiger partial charge is 0.406 e. The number of amides is 1. The molecule has 0 bridgehead atoms. The van der Waals surface area contributed by atoms with Crippen LogP contribution in [0.15, 0.2) is 97.1 Å². The number of nitrogens with one attached hydrogen (secondary N) is 1. The Morgan fingerprint density at radius 1 is 0.644 bits per heavy atom. The van der Waals surface area contributed by atoms with E-state index < -0.39 is 58.8 Å². The zero-order valence-corrected chi connectivity index (χ0v) is 22.7. The van der Waals surface area contributed by atoms with E-state index in [4.69, 9.17) is 0 Å². The number of ether oxygens (including phenoxy) is 2. The normalized spacial score (nSPS) is 12.5. The molecule has 238 valence electrons. The van der Waals surface area contributed by atoms with Gasteiger partial charge in [0.15, 0.2) is 0 Å². The van der Waals surface area contributed by atoms with E-state index in [2.05, 4.69) is 14.8 Å². The third-order valence-electron chi connectivity index (χ3n) is 6.61. The number of rotatable bonds is 9. The molecule has 14 heteroatoms. The van der Waals surface area contributed by atoms with Crippen LogP contribution in [0.3, 0.4) is 0 Å². The fourth-order valence-electron chi connectivity index (χ4n) is 4.71. The first-order chi connectivity index (χ1) is 21.0. The summed E-state index contributed by atoms with van der Waals surface area (Å²) in [7, 11) is 0. The minimum Gasteiger partial charge on any atom is -0.406 e. The van der Waals surface area contributed by atoms with Gasteiger partial charge in [-0.15, -0.1) is 26.3 Å². The maximum absolute atomic E-state index is 14.0. The average Bonchev–Trinajstić information content (AvgIpc) is 2.94. The van der Waals surface area contributed by atoms with E-state index in [-0.39, 0.29) is 30.0 Å². The van der Waals surface area contributed by atoms with Crippen molar-refractivity contribution in [2.24, 2.45) is 0 Å². The third-order valence-corrected chi connectivity index (χ3v) is 6.61. The van der Waals surface area contributed by atoms with E-state index >= 15 is 0 Å². The van der Waals surface area contributed by atoms with Crippen LogP contribution >= 0.6 is 0 Å². The van der Waals surface area contributed by atoms with Crippen molar-refractivity contribution >= 4 is 5.91 Å². The average molecular weight is 645 g/mol. The topological polar surface area (TPSA) is 47.6 Å². The highest BCUT2D eigenvalue weighted by atomic mass is 19.4. The maximum atomic E-state index is 14.0. The standard InChI is InChI=1S/C31H21F10NO3/c32-26-13-12-20(16-25(26)29(33,34)35)27(43)42-28(15-14-19-6-2-1-3-7-19,21-8-4-10-23(17-21)44-30(36,37)38)22-9-5-11-24(18-22)45-31(39,40)41/h1-13,16-18H,14-15H2,(H,42,43). The predicted molar refractivity (Wildman–Crippen MR) is 141 cm³/mol. The summed E-state index contributed by atoms with van der Waals surface area (Å²) in [6, 6.07) is 18.3.